The van der Waals surface area contributed by atoms with Gasteiger partial charge in [-0.05, 0) is 25.7 Å². The molecule has 0 fully saturated rings. The fraction of sp³-hybridized carbons (Fsp3) is 0.941. The lowest BCUT2D eigenvalue weighted by Crippen LogP contribution is -2.11. The summed E-state index contributed by atoms with van der Waals surface area (Å²) in [5.74, 6) is -1.30. The molecule has 6 nitrogen and oxygen atoms in total. The smallest absolute Gasteiger partial charge is 0.313 e. The SMILES string of the molecule is CCCCCCCCCCCCCCCC(=O)OC(=O)CCCCCCCCCCCCCCC.CCCCCCCCCCCCCCCCCC(=O)OC(=O)CCCCCCCCCCCCCCCCC. The zero-order valence-corrected chi connectivity index (χ0v) is 50.9. The Kier molecular flexibility index (Phi) is 67.7. The molecule has 0 N–H and O–H groups in total. The number of rotatable bonds is 60. The minimum Gasteiger partial charge on any atom is -0.393 e. The molecule has 0 heterocycles. The van der Waals surface area contributed by atoms with Crippen molar-refractivity contribution in [3.05, 3.63) is 0 Å². The quantitative estimate of drug-likeness (QED) is 0.0343. The summed E-state index contributed by atoms with van der Waals surface area (Å²) in [6, 6.07) is 0. The molecule has 0 aliphatic rings. The zero-order chi connectivity index (χ0) is 54.2. The normalized spacial score (nSPS) is 11.2. The number of ether oxygens (including phenoxy) is 2. The molecule has 0 aliphatic carbocycles. The van der Waals surface area contributed by atoms with Crippen LogP contribution in [0.2, 0.25) is 0 Å². The molecule has 74 heavy (non-hydrogen) atoms. The number of carbonyl (C=O) groups excluding carboxylic acids is 4. The van der Waals surface area contributed by atoms with Crippen molar-refractivity contribution in [1.29, 1.82) is 0 Å². The molecule has 0 amide bonds. The van der Waals surface area contributed by atoms with Crippen LogP contribution in [0.25, 0.3) is 0 Å². The molecule has 0 aromatic heterocycles. The minimum atomic E-state index is -0.326. The first-order valence-corrected chi connectivity index (χ1v) is 33.9. The lowest BCUT2D eigenvalue weighted by Gasteiger charge is -2.05. The molecule has 0 saturated carbocycles. The molecule has 0 aromatic carbocycles. The monoisotopic (exact) mass is 1050 g/mol. The highest BCUT2D eigenvalue weighted by molar-refractivity contribution is 5.85. The van der Waals surface area contributed by atoms with E-state index in [9.17, 15) is 19.2 Å². The summed E-state index contributed by atoms with van der Waals surface area (Å²) in [7, 11) is 0. The van der Waals surface area contributed by atoms with Gasteiger partial charge < -0.3 is 9.47 Å². The van der Waals surface area contributed by atoms with Gasteiger partial charge in [0.15, 0.2) is 0 Å². The first-order chi connectivity index (χ1) is 36.4. The average Bonchev–Trinajstić information content (AvgIpc) is 3.39. The highest BCUT2D eigenvalue weighted by atomic mass is 16.6. The fourth-order valence-electron chi connectivity index (χ4n) is 10.3. The summed E-state index contributed by atoms with van der Waals surface area (Å²) in [5, 5.41) is 0. The van der Waals surface area contributed by atoms with Crippen LogP contribution in [0.15, 0.2) is 0 Å². The summed E-state index contributed by atoms with van der Waals surface area (Å²) < 4.78 is 10.00. The average molecular weight is 1050 g/mol. The van der Waals surface area contributed by atoms with E-state index in [1.54, 1.807) is 0 Å². The maximum Gasteiger partial charge on any atom is 0.313 e. The second kappa shape index (κ2) is 67.4. The van der Waals surface area contributed by atoms with Gasteiger partial charge in [-0.25, -0.2) is 0 Å². The van der Waals surface area contributed by atoms with Crippen LogP contribution in [0.5, 0.6) is 0 Å². The third-order valence-electron chi connectivity index (χ3n) is 15.4. The Bertz CT molecular complexity index is 1040. The number of hydrogen-bond acceptors (Lipinski definition) is 6. The second-order valence-electron chi connectivity index (χ2n) is 23.1. The second-order valence-corrected chi connectivity index (χ2v) is 23.1. The summed E-state index contributed by atoms with van der Waals surface area (Å²) in [6.07, 6.45) is 74.4. The largest absolute Gasteiger partial charge is 0.393 e. The van der Waals surface area contributed by atoms with Crippen LogP contribution in [-0.4, -0.2) is 23.9 Å². The van der Waals surface area contributed by atoms with Crippen molar-refractivity contribution in [3.63, 3.8) is 0 Å². The van der Waals surface area contributed by atoms with Gasteiger partial charge in [0.2, 0.25) is 0 Å². The maximum absolute atomic E-state index is 11.9. The Morgan fingerprint density at radius 3 is 0.365 bits per heavy atom. The molecule has 6 heteroatoms. The number of carbonyl (C=O) groups is 4. The van der Waals surface area contributed by atoms with Gasteiger partial charge >= 0.3 is 23.9 Å². The van der Waals surface area contributed by atoms with E-state index in [4.69, 9.17) is 9.47 Å². The highest BCUT2D eigenvalue weighted by Crippen LogP contribution is 2.18. The van der Waals surface area contributed by atoms with Crippen LogP contribution in [0.3, 0.4) is 0 Å². The molecule has 0 spiro atoms. The van der Waals surface area contributed by atoms with Crippen LogP contribution >= 0.6 is 0 Å². The lowest BCUT2D eigenvalue weighted by atomic mass is 10.0. The van der Waals surface area contributed by atoms with Gasteiger partial charge in [-0.3, -0.25) is 19.2 Å². The molecule has 440 valence electrons. The van der Waals surface area contributed by atoms with Crippen molar-refractivity contribution in [2.45, 2.75) is 413 Å². The maximum atomic E-state index is 11.9. The van der Waals surface area contributed by atoms with Gasteiger partial charge in [-0.1, -0.05) is 362 Å². The Balaban J connectivity index is 0. The summed E-state index contributed by atoms with van der Waals surface area (Å²) in [4.78, 5) is 47.5. The summed E-state index contributed by atoms with van der Waals surface area (Å²) >= 11 is 0. The van der Waals surface area contributed by atoms with Crippen LogP contribution < -0.4 is 0 Å². The van der Waals surface area contributed by atoms with Gasteiger partial charge in [0, 0.05) is 25.7 Å². The van der Waals surface area contributed by atoms with E-state index in [2.05, 4.69) is 27.7 Å². The molecule has 0 aliphatic heterocycles. The van der Waals surface area contributed by atoms with E-state index in [-0.39, 0.29) is 23.9 Å². The van der Waals surface area contributed by atoms with Crippen LogP contribution in [-0.2, 0) is 28.7 Å². The van der Waals surface area contributed by atoms with E-state index < -0.39 is 0 Å². The summed E-state index contributed by atoms with van der Waals surface area (Å²) in [6.45, 7) is 9.09. The van der Waals surface area contributed by atoms with Crippen molar-refractivity contribution in [3.8, 4) is 0 Å². The minimum absolute atomic E-state index is 0.323. The first-order valence-electron chi connectivity index (χ1n) is 33.9. The molecular weight excluding hydrogens is 913 g/mol. The van der Waals surface area contributed by atoms with Gasteiger partial charge in [0.1, 0.15) is 0 Å². The van der Waals surface area contributed by atoms with E-state index in [0.717, 1.165) is 51.4 Å². The highest BCUT2D eigenvalue weighted by Gasteiger charge is 2.11. The topological polar surface area (TPSA) is 86.7 Å². The van der Waals surface area contributed by atoms with E-state index in [1.807, 2.05) is 0 Å². The molecule has 0 bridgehead atoms. The van der Waals surface area contributed by atoms with E-state index in [0.29, 0.717) is 25.7 Å². The van der Waals surface area contributed by atoms with Crippen LogP contribution in [0.1, 0.15) is 413 Å². The molecule has 0 rings (SSSR count). The Labute approximate surface area is 463 Å². The van der Waals surface area contributed by atoms with Crippen molar-refractivity contribution >= 4 is 23.9 Å². The lowest BCUT2D eigenvalue weighted by molar-refractivity contribution is -0.161. The van der Waals surface area contributed by atoms with Gasteiger partial charge in [0.25, 0.3) is 0 Å². The van der Waals surface area contributed by atoms with Crippen molar-refractivity contribution in [2.75, 3.05) is 0 Å². The van der Waals surface area contributed by atoms with Gasteiger partial charge in [-0.2, -0.15) is 0 Å². The standard InChI is InChI=1S/C36H70O3.C32H62O3/c1-3-5-7-9-11-13-15-17-19-21-23-25-27-29-31-33-35(37)39-36(38)34-32-30-28-26-24-22-20-18-16-14-12-10-8-6-4-2;1-3-5-7-9-11-13-15-17-19-21-23-25-27-29-31(33)35-32(34)30-28-26-24-22-20-18-16-14-12-10-8-6-4-2/h3-34H2,1-2H3;3-30H2,1-2H3. The third-order valence-corrected chi connectivity index (χ3v) is 15.4. The number of unbranched alkanes of at least 4 members (excludes halogenated alkanes) is 52. The zero-order valence-electron chi connectivity index (χ0n) is 50.9. The third kappa shape index (κ3) is 68.3. The summed E-state index contributed by atoms with van der Waals surface area (Å²) in [5.41, 5.74) is 0. The van der Waals surface area contributed by atoms with Crippen molar-refractivity contribution in [1.82, 2.24) is 0 Å². The molecular formula is C68H132O6. The number of hydrogen-bond donors (Lipinski definition) is 0. The molecule has 0 unspecified atom stereocenters. The first kappa shape index (κ1) is 74.4. The fourth-order valence-corrected chi connectivity index (χ4v) is 10.3. The van der Waals surface area contributed by atoms with E-state index >= 15 is 0 Å². The van der Waals surface area contributed by atoms with Gasteiger partial charge in [-0.15, -0.1) is 0 Å². The molecule has 0 aromatic rings. The Morgan fingerprint density at radius 1 is 0.162 bits per heavy atom. The van der Waals surface area contributed by atoms with Crippen LogP contribution in [0.4, 0.5) is 0 Å². The molecule has 0 atom stereocenters. The predicted octanol–water partition coefficient (Wildman–Crippen LogP) is 23.6. The molecule has 0 radical (unpaired) electrons. The van der Waals surface area contributed by atoms with E-state index in [1.165, 1.54) is 308 Å². The Morgan fingerprint density at radius 2 is 0.257 bits per heavy atom. The number of esters is 4. The van der Waals surface area contributed by atoms with Crippen LogP contribution in [0, 0.1) is 0 Å². The van der Waals surface area contributed by atoms with Gasteiger partial charge in [0.05, 0.1) is 0 Å². The Hall–Kier alpha value is -1.72. The van der Waals surface area contributed by atoms with Crippen molar-refractivity contribution in [2.24, 2.45) is 0 Å². The predicted molar refractivity (Wildman–Crippen MR) is 322 cm³/mol. The molecule has 0 saturated heterocycles. The van der Waals surface area contributed by atoms with Crippen molar-refractivity contribution < 1.29 is 28.7 Å².